The normalized spacial score (nSPS) is 17.4. The topological polar surface area (TPSA) is 29.4 Å². The van der Waals surface area contributed by atoms with E-state index in [-0.39, 0.29) is 5.91 Å². The summed E-state index contributed by atoms with van der Waals surface area (Å²) in [5.74, 6) is -0.0863. The van der Waals surface area contributed by atoms with E-state index in [0.29, 0.717) is 6.42 Å². The molecule has 0 bridgehead atoms. The number of carbonyl (C=O) groups is 1. The Morgan fingerprint density at radius 2 is 2.08 bits per heavy atom. The van der Waals surface area contributed by atoms with E-state index < -0.39 is 0 Å². The van der Waals surface area contributed by atoms with Gasteiger partial charge < -0.3 is 0 Å². The van der Waals surface area contributed by atoms with Crippen LogP contribution in [-0.4, -0.2) is 12.1 Å². The van der Waals surface area contributed by atoms with Gasteiger partial charge >= 0.3 is 0 Å². The average molecular weight is 171 g/mol. The number of carbonyl (C=O) groups excluding carboxylic acids is 1. The maximum Gasteiger partial charge on any atom is 0.250 e. The number of amides is 1. The largest absolute Gasteiger partial charge is 0.272 e. The fourth-order valence-corrected chi connectivity index (χ4v) is 1.34. The maximum atomic E-state index is 11.2. The summed E-state index contributed by atoms with van der Waals surface area (Å²) in [6, 6.07) is 7.86. The summed E-state index contributed by atoms with van der Waals surface area (Å²) in [6.07, 6.45) is 5.69. The number of allylic oxidation sites excluding steroid dienone is 1. The molecule has 1 aromatic carbocycles. The second kappa shape index (κ2) is 3.35. The monoisotopic (exact) mass is 171 g/mol. The Morgan fingerprint density at radius 3 is 3.00 bits per heavy atom. The lowest BCUT2D eigenvalue weighted by molar-refractivity contribution is -0.117. The summed E-state index contributed by atoms with van der Waals surface area (Å²) in [4.78, 5) is 14.9. The van der Waals surface area contributed by atoms with Crippen molar-refractivity contribution in [3.63, 3.8) is 0 Å². The van der Waals surface area contributed by atoms with Gasteiger partial charge in [0.2, 0.25) is 5.91 Å². The summed E-state index contributed by atoms with van der Waals surface area (Å²) >= 11 is 0. The Bertz CT molecular complexity index is 391. The Kier molecular flexibility index (Phi) is 2.04. The summed E-state index contributed by atoms with van der Waals surface area (Å²) in [5.41, 5.74) is 2.14. The summed E-state index contributed by atoms with van der Waals surface area (Å²) < 4.78 is 0. The zero-order chi connectivity index (χ0) is 9.10. The molecule has 1 amide bonds. The third kappa shape index (κ3) is 1.72. The van der Waals surface area contributed by atoms with Crippen LogP contribution in [0.3, 0.4) is 0 Å². The van der Waals surface area contributed by atoms with Crippen molar-refractivity contribution in [3.05, 3.63) is 41.5 Å². The standard InChI is InChI=1S/C11H9NO/c13-11-8-10-5-2-1-4-9(10)6-3-7-12-11/h1-7H,8H2/b6-3-,12-7?. The van der Waals surface area contributed by atoms with Crippen LogP contribution in [0.25, 0.3) is 6.08 Å². The predicted molar refractivity (Wildman–Crippen MR) is 52.7 cm³/mol. The second-order valence-corrected chi connectivity index (χ2v) is 2.91. The van der Waals surface area contributed by atoms with Crippen LogP contribution >= 0.6 is 0 Å². The highest BCUT2D eigenvalue weighted by Crippen LogP contribution is 2.12. The van der Waals surface area contributed by atoms with Crippen molar-refractivity contribution in [2.24, 2.45) is 4.99 Å². The molecule has 1 aliphatic heterocycles. The molecule has 0 N–H and O–H groups in total. The van der Waals surface area contributed by atoms with Gasteiger partial charge in [-0.1, -0.05) is 30.3 Å². The molecule has 0 fully saturated rings. The van der Waals surface area contributed by atoms with E-state index in [9.17, 15) is 4.79 Å². The van der Waals surface area contributed by atoms with E-state index in [1.165, 1.54) is 6.21 Å². The van der Waals surface area contributed by atoms with E-state index in [2.05, 4.69) is 4.99 Å². The van der Waals surface area contributed by atoms with Crippen molar-refractivity contribution in [1.82, 2.24) is 0 Å². The lowest BCUT2D eigenvalue weighted by Crippen LogP contribution is -2.02. The zero-order valence-corrected chi connectivity index (χ0v) is 7.10. The van der Waals surface area contributed by atoms with Crippen molar-refractivity contribution >= 4 is 18.2 Å². The minimum absolute atomic E-state index is 0.0863. The smallest absolute Gasteiger partial charge is 0.250 e. The number of aliphatic imine (C=N–C) groups is 1. The van der Waals surface area contributed by atoms with Crippen molar-refractivity contribution in [1.29, 1.82) is 0 Å². The van der Waals surface area contributed by atoms with Gasteiger partial charge in [0.1, 0.15) is 0 Å². The third-order valence-corrected chi connectivity index (χ3v) is 1.98. The molecule has 2 nitrogen and oxygen atoms in total. The molecule has 0 saturated carbocycles. The van der Waals surface area contributed by atoms with Crippen LogP contribution in [0, 0.1) is 0 Å². The Hall–Kier alpha value is -1.70. The maximum absolute atomic E-state index is 11.2. The summed E-state index contributed by atoms with van der Waals surface area (Å²) in [7, 11) is 0. The first-order valence-corrected chi connectivity index (χ1v) is 4.18. The van der Waals surface area contributed by atoms with E-state index in [4.69, 9.17) is 0 Å². The minimum Gasteiger partial charge on any atom is -0.272 e. The number of nitrogens with zero attached hydrogens (tertiary/aromatic N) is 1. The molecule has 1 aliphatic rings. The average Bonchev–Trinajstić information content (AvgIpc) is 2.11. The van der Waals surface area contributed by atoms with E-state index >= 15 is 0 Å². The number of fused-ring (bicyclic) bond motifs is 1. The SMILES string of the molecule is O=C1Cc2ccccc2/C=C\C=N1. The highest BCUT2D eigenvalue weighted by molar-refractivity contribution is 5.93. The first-order valence-electron chi connectivity index (χ1n) is 4.18. The van der Waals surface area contributed by atoms with Gasteiger partial charge in [0.25, 0.3) is 0 Å². The number of benzene rings is 1. The molecule has 2 rings (SSSR count). The van der Waals surface area contributed by atoms with Crippen molar-refractivity contribution in [2.45, 2.75) is 6.42 Å². The van der Waals surface area contributed by atoms with Gasteiger partial charge in [-0.15, -0.1) is 0 Å². The van der Waals surface area contributed by atoms with Crippen LogP contribution in [0.2, 0.25) is 0 Å². The van der Waals surface area contributed by atoms with Crippen LogP contribution in [0.1, 0.15) is 11.1 Å². The number of rotatable bonds is 0. The van der Waals surface area contributed by atoms with Crippen LogP contribution in [0.4, 0.5) is 0 Å². The van der Waals surface area contributed by atoms with Gasteiger partial charge in [-0.2, -0.15) is 0 Å². The van der Waals surface area contributed by atoms with Gasteiger partial charge in [0, 0.05) is 6.21 Å². The van der Waals surface area contributed by atoms with Gasteiger partial charge in [0.05, 0.1) is 6.42 Å². The Morgan fingerprint density at radius 1 is 1.23 bits per heavy atom. The molecule has 0 spiro atoms. The Balaban J connectivity index is 2.49. The van der Waals surface area contributed by atoms with Gasteiger partial charge in [-0.05, 0) is 17.2 Å². The van der Waals surface area contributed by atoms with Crippen molar-refractivity contribution < 1.29 is 4.79 Å². The molecule has 0 unspecified atom stereocenters. The molecule has 1 heterocycles. The van der Waals surface area contributed by atoms with Crippen LogP contribution in [-0.2, 0) is 11.2 Å². The summed E-state index contributed by atoms with van der Waals surface area (Å²) in [6.45, 7) is 0. The first kappa shape index (κ1) is 7.92. The molecule has 0 radical (unpaired) electrons. The van der Waals surface area contributed by atoms with E-state index in [0.717, 1.165) is 11.1 Å². The fourth-order valence-electron chi connectivity index (χ4n) is 1.34. The van der Waals surface area contributed by atoms with Crippen LogP contribution in [0.5, 0.6) is 0 Å². The second-order valence-electron chi connectivity index (χ2n) is 2.91. The predicted octanol–water partition coefficient (Wildman–Crippen LogP) is 1.85. The van der Waals surface area contributed by atoms with Crippen molar-refractivity contribution in [3.8, 4) is 0 Å². The molecular formula is C11H9NO. The third-order valence-electron chi connectivity index (χ3n) is 1.98. The quantitative estimate of drug-likeness (QED) is 0.585. The highest BCUT2D eigenvalue weighted by atomic mass is 16.1. The number of hydrogen-bond donors (Lipinski definition) is 0. The molecule has 0 atom stereocenters. The fraction of sp³-hybridized carbons (Fsp3) is 0.0909. The zero-order valence-electron chi connectivity index (χ0n) is 7.10. The number of hydrogen-bond acceptors (Lipinski definition) is 1. The molecular weight excluding hydrogens is 162 g/mol. The van der Waals surface area contributed by atoms with Gasteiger partial charge in [-0.3, -0.25) is 4.79 Å². The molecule has 0 saturated heterocycles. The highest BCUT2D eigenvalue weighted by Gasteiger charge is 2.05. The van der Waals surface area contributed by atoms with E-state index in [1.807, 2.05) is 30.3 Å². The van der Waals surface area contributed by atoms with Gasteiger partial charge in [-0.25, -0.2) is 4.99 Å². The van der Waals surface area contributed by atoms with E-state index in [1.54, 1.807) is 6.08 Å². The first-order chi connectivity index (χ1) is 6.36. The van der Waals surface area contributed by atoms with Crippen LogP contribution < -0.4 is 0 Å². The Labute approximate surface area is 76.6 Å². The molecule has 13 heavy (non-hydrogen) atoms. The molecule has 0 aliphatic carbocycles. The minimum atomic E-state index is -0.0863. The van der Waals surface area contributed by atoms with Gasteiger partial charge in [0.15, 0.2) is 0 Å². The van der Waals surface area contributed by atoms with Crippen molar-refractivity contribution in [2.75, 3.05) is 0 Å². The molecule has 0 aromatic heterocycles. The molecule has 64 valence electrons. The lowest BCUT2D eigenvalue weighted by atomic mass is 10.0. The summed E-state index contributed by atoms with van der Waals surface area (Å²) in [5, 5.41) is 0. The molecule has 2 heteroatoms. The van der Waals surface area contributed by atoms with Crippen LogP contribution in [0.15, 0.2) is 35.3 Å². The molecule has 1 aromatic rings. The lowest BCUT2D eigenvalue weighted by Gasteiger charge is -2.04.